The van der Waals surface area contributed by atoms with E-state index in [9.17, 15) is 13.2 Å². The number of methoxy groups -OCH3 is 2. The number of fused-ring (bicyclic) bond motifs is 1. The number of para-hydroxylation sites is 2. The summed E-state index contributed by atoms with van der Waals surface area (Å²) < 4.78 is 49.3. The van der Waals surface area contributed by atoms with E-state index < -0.39 is 10.0 Å². The van der Waals surface area contributed by atoms with E-state index in [0.29, 0.717) is 40.9 Å². The third-order valence-corrected chi connectivity index (χ3v) is 7.35. The first-order chi connectivity index (χ1) is 16.8. The van der Waals surface area contributed by atoms with E-state index >= 15 is 0 Å². The number of hydrogen-bond donors (Lipinski definition) is 1. The standard InChI is InChI=1S/C25H26N2O7S/c1-27(35(29,30)20-12-13-21(31-2)24(14-20)32-3)18-10-8-17(9-11-18)25(28)26-15-19-16-33-22-6-4-5-7-23(22)34-19/h4-14,19H,15-16H2,1-3H3,(H,26,28)/t19-/m0/s1. The van der Waals surface area contributed by atoms with Gasteiger partial charge in [-0.2, -0.15) is 0 Å². The Morgan fingerprint density at radius 2 is 1.69 bits per heavy atom. The number of nitrogens with one attached hydrogen (secondary N) is 1. The van der Waals surface area contributed by atoms with E-state index in [2.05, 4.69) is 5.32 Å². The molecule has 1 aliphatic rings. The van der Waals surface area contributed by atoms with Crippen LogP contribution in [0.25, 0.3) is 0 Å². The van der Waals surface area contributed by atoms with Crippen molar-refractivity contribution in [2.24, 2.45) is 0 Å². The van der Waals surface area contributed by atoms with Gasteiger partial charge in [0.1, 0.15) is 12.7 Å². The third-order valence-electron chi connectivity index (χ3n) is 5.56. The van der Waals surface area contributed by atoms with Crippen LogP contribution in [0.3, 0.4) is 0 Å². The van der Waals surface area contributed by atoms with Gasteiger partial charge >= 0.3 is 0 Å². The summed E-state index contributed by atoms with van der Waals surface area (Å²) in [6, 6.07) is 18.0. The van der Waals surface area contributed by atoms with Crippen molar-refractivity contribution in [1.29, 1.82) is 0 Å². The fraction of sp³-hybridized carbons (Fsp3) is 0.240. The maximum atomic E-state index is 13.1. The number of sulfonamides is 1. The molecule has 1 heterocycles. The van der Waals surface area contributed by atoms with Crippen molar-refractivity contribution in [3.63, 3.8) is 0 Å². The van der Waals surface area contributed by atoms with Gasteiger partial charge in [0.2, 0.25) is 0 Å². The molecule has 10 heteroatoms. The number of hydrogen-bond acceptors (Lipinski definition) is 7. The molecule has 3 aromatic carbocycles. The minimum Gasteiger partial charge on any atom is -0.493 e. The molecule has 1 N–H and O–H groups in total. The molecular weight excluding hydrogens is 472 g/mol. The summed E-state index contributed by atoms with van der Waals surface area (Å²) in [7, 11) is 0.494. The second-order valence-corrected chi connectivity index (χ2v) is 9.71. The molecule has 0 aliphatic carbocycles. The van der Waals surface area contributed by atoms with Crippen molar-refractivity contribution in [3.8, 4) is 23.0 Å². The van der Waals surface area contributed by atoms with Crippen LogP contribution in [0.2, 0.25) is 0 Å². The highest BCUT2D eigenvalue weighted by Gasteiger charge is 2.24. The highest BCUT2D eigenvalue weighted by molar-refractivity contribution is 7.92. The predicted molar refractivity (Wildman–Crippen MR) is 130 cm³/mol. The van der Waals surface area contributed by atoms with E-state index in [1.54, 1.807) is 24.3 Å². The zero-order chi connectivity index (χ0) is 25.0. The van der Waals surface area contributed by atoms with Crippen LogP contribution in [0, 0.1) is 0 Å². The average molecular weight is 499 g/mol. The number of carbonyl (C=O) groups excluding carboxylic acids is 1. The quantitative estimate of drug-likeness (QED) is 0.509. The highest BCUT2D eigenvalue weighted by Crippen LogP contribution is 2.32. The van der Waals surface area contributed by atoms with Crippen molar-refractivity contribution in [2.45, 2.75) is 11.0 Å². The zero-order valence-electron chi connectivity index (χ0n) is 19.6. The van der Waals surface area contributed by atoms with Crippen LogP contribution in [-0.2, 0) is 10.0 Å². The summed E-state index contributed by atoms with van der Waals surface area (Å²) in [5.41, 5.74) is 0.791. The number of nitrogens with zero attached hydrogens (tertiary/aromatic N) is 1. The second-order valence-electron chi connectivity index (χ2n) is 7.74. The Kier molecular flexibility index (Phi) is 7.02. The number of rotatable bonds is 8. The summed E-state index contributed by atoms with van der Waals surface area (Å²) in [5, 5.41) is 2.83. The van der Waals surface area contributed by atoms with Gasteiger partial charge in [-0.1, -0.05) is 12.1 Å². The molecule has 3 aromatic rings. The van der Waals surface area contributed by atoms with E-state index in [1.165, 1.54) is 39.5 Å². The Labute approximate surface area is 204 Å². The van der Waals surface area contributed by atoms with Crippen LogP contribution < -0.4 is 28.6 Å². The Morgan fingerprint density at radius 1 is 1.00 bits per heavy atom. The Morgan fingerprint density at radius 3 is 2.37 bits per heavy atom. The normalized spacial score (nSPS) is 14.7. The molecule has 1 amide bonds. The van der Waals surface area contributed by atoms with Crippen LogP contribution >= 0.6 is 0 Å². The summed E-state index contributed by atoms with van der Waals surface area (Å²) >= 11 is 0. The minimum atomic E-state index is -3.87. The van der Waals surface area contributed by atoms with Crippen LogP contribution in [0.15, 0.2) is 71.6 Å². The third kappa shape index (κ3) is 5.12. The lowest BCUT2D eigenvalue weighted by Crippen LogP contribution is -2.40. The molecule has 0 aromatic heterocycles. The van der Waals surface area contributed by atoms with Gasteiger partial charge in [-0.15, -0.1) is 0 Å². The highest BCUT2D eigenvalue weighted by atomic mass is 32.2. The number of ether oxygens (including phenoxy) is 4. The minimum absolute atomic E-state index is 0.0516. The summed E-state index contributed by atoms with van der Waals surface area (Å²) in [6.07, 6.45) is -0.314. The van der Waals surface area contributed by atoms with Gasteiger partial charge in [0.05, 0.1) is 31.3 Å². The maximum Gasteiger partial charge on any atom is 0.264 e. The Balaban J connectivity index is 1.40. The van der Waals surface area contributed by atoms with Gasteiger partial charge in [-0.25, -0.2) is 8.42 Å². The Bertz CT molecular complexity index is 1310. The molecule has 0 radical (unpaired) electrons. The lowest BCUT2D eigenvalue weighted by Gasteiger charge is -2.26. The molecule has 1 aliphatic heterocycles. The monoisotopic (exact) mass is 498 g/mol. The van der Waals surface area contributed by atoms with Crippen LogP contribution in [0.4, 0.5) is 5.69 Å². The SMILES string of the molecule is COc1ccc(S(=O)(=O)N(C)c2ccc(C(=O)NC[C@H]3COc4ccccc4O3)cc2)cc1OC. The van der Waals surface area contributed by atoms with E-state index in [4.69, 9.17) is 18.9 Å². The van der Waals surface area contributed by atoms with Crippen LogP contribution in [-0.4, -0.2) is 54.8 Å². The molecule has 0 unspecified atom stereocenters. The smallest absolute Gasteiger partial charge is 0.264 e. The molecule has 0 saturated heterocycles. The van der Waals surface area contributed by atoms with Gasteiger partial charge in [-0.3, -0.25) is 9.10 Å². The second kappa shape index (κ2) is 10.1. The maximum absolute atomic E-state index is 13.1. The van der Waals surface area contributed by atoms with Gasteiger partial charge in [0.15, 0.2) is 23.0 Å². The van der Waals surface area contributed by atoms with Gasteiger partial charge in [0.25, 0.3) is 15.9 Å². The van der Waals surface area contributed by atoms with E-state index in [1.807, 2.05) is 24.3 Å². The van der Waals surface area contributed by atoms with Gasteiger partial charge in [-0.05, 0) is 48.5 Å². The van der Waals surface area contributed by atoms with Gasteiger partial charge in [0, 0.05) is 18.7 Å². The molecule has 35 heavy (non-hydrogen) atoms. The van der Waals surface area contributed by atoms with Crippen molar-refractivity contribution >= 4 is 21.6 Å². The molecule has 184 valence electrons. The van der Waals surface area contributed by atoms with Crippen molar-refractivity contribution < 1.29 is 32.2 Å². The number of amides is 1. The average Bonchev–Trinajstić information content (AvgIpc) is 2.90. The van der Waals surface area contributed by atoms with Crippen LogP contribution in [0.5, 0.6) is 23.0 Å². The molecule has 0 spiro atoms. The topological polar surface area (TPSA) is 103 Å². The fourth-order valence-corrected chi connectivity index (χ4v) is 4.78. The summed E-state index contributed by atoms with van der Waals surface area (Å²) in [6.45, 7) is 0.595. The molecule has 1 atom stereocenters. The first-order valence-electron chi connectivity index (χ1n) is 10.8. The summed E-state index contributed by atoms with van der Waals surface area (Å²) in [4.78, 5) is 12.6. The molecular formula is C25H26N2O7S. The lowest BCUT2D eigenvalue weighted by atomic mass is 10.2. The van der Waals surface area contributed by atoms with E-state index in [0.717, 1.165) is 4.31 Å². The molecule has 0 bridgehead atoms. The van der Waals surface area contributed by atoms with E-state index in [-0.39, 0.29) is 23.5 Å². The van der Waals surface area contributed by atoms with Crippen molar-refractivity contribution in [1.82, 2.24) is 5.32 Å². The Hall–Kier alpha value is -3.92. The lowest BCUT2D eigenvalue weighted by molar-refractivity contribution is 0.0789. The molecule has 9 nitrogen and oxygen atoms in total. The van der Waals surface area contributed by atoms with Crippen LogP contribution in [0.1, 0.15) is 10.4 Å². The van der Waals surface area contributed by atoms with Crippen molar-refractivity contribution in [2.75, 3.05) is 38.7 Å². The first kappa shape index (κ1) is 24.2. The molecule has 0 saturated carbocycles. The van der Waals surface area contributed by atoms with Gasteiger partial charge < -0.3 is 24.3 Å². The largest absolute Gasteiger partial charge is 0.493 e. The fourth-order valence-electron chi connectivity index (χ4n) is 3.57. The molecule has 0 fully saturated rings. The zero-order valence-corrected chi connectivity index (χ0v) is 20.4. The number of anilines is 1. The first-order valence-corrected chi connectivity index (χ1v) is 12.2. The van der Waals surface area contributed by atoms with Crippen molar-refractivity contribution in [3.05, 3.63) is 72.3 Å². The summed E-state index contributed by atoms with van der Waals surface area (Å²) in [5.74, 6) is 1.76. The predicted octanol–water partition coefficient (Wildman–Crippen LogP) is 3.10. The number of carbonyl (C=O) groups is 1. The number of benzene rings is 3. The molecule has 4 rings (SSSR count).